The fourth-order valence-corrected chi connectivity index (χ4v) is 8.18. The predicted molar refractivity (Wildman–Crippen MR) is 204 cm³/mol. The van der Waals surface area contributed by atoms with E-state index in [1.807, 2.05) is 0 Å². The van der Waals surface area contributed by atoms with E-state index >= 15 is 0 Å². The number of nitrogens with zero attached hydrogens (tertiary/aromatic N) is 3. The Balaban J connectivity index is 1.26. The SMILES string of the molecule is c1ccc(-c2ccc(-c3nc(-n4c5cc6c7c(cccc7c5c5ccc7ccccc7c54)-c4ccccc4-6)nc4ccccc34)cc2)cc1. The summed E-state index contributed by atoms with van der Waals surface area (Å²) in [6.45, 7) is 0. The molecule has 0 aliphatic heterocycles. The van der Waals surface area contributed by atoms with Gasteiger partial charge >= 0.3 is 0 Å². The van der Waals surface area contributed by atoms with Gasteiger partial charge in [-0.15, -0.1) is 0 Å². The summed E-state index contributed by atoms with van der Waals surface area (Å²) in [4.78, 5) is 10.8. The van der Waals surface area contributed by atoms with Crippen molar-refractivity contribution in [1.82, 2.24) is 14.5 Å². The lowest BCUT2D eigenvalue weighted by Gasteiger charge is -2.13. The number of para-hydroxylation sites is 1. The van der Waals surface area contributed by atoms with Crippen LogP contribution >= 0.6 is 0 Å². The Morgan fingerprint density at radius 2 is 1.04 bits per heavy atom. The molecule has 0 bridgehead atoms. The molecule has 0 saturated heterocycles. The van der Waals surface area contributed by atoms with E-state index in [-0.39, 0.29) is 0 Å². The Morgan fingerprint density at radius 1 is 0.388 bits per heavy atom. The van der Waals surface area contributed by atoms with Crippen LogP contribution in [0.2, 0.25) is 0 Å². The van der Waals surface area contributed by atoms with Crippen LogP contribution in [-0.2, 0) is 0 Å². The van der Waals surface area contributed by atoms with Gasteiger partial charge in [0, 0.05) is 27.1 Å². The predicted octanol–water partition coefficient (Wildman–Crippen LogP) is 12.0. The van der Waals surface area contributed by atoms with Gasteiger partial charge in [-0.25, -0.2) is 9.97 Å². The maximum absolute atomic E-state index is 5.47. The van der Waals surface area contributed by atoms with Crippen molar-refractivity contribution in [1.29, 1.82) is 0 Å². The highest BCUT2D eigenvalue weighted by molar-refractivity contribution is 6.31. The summed E-state index contributed by atoms with van der Waals surface area (Å²) in [5.74, 6) is 0.672. The number of fused-ring (bicyclic) bond motifs is 10. The van der Waals surface area contributed by atoms with Crippen molar-refractivity contribution in [3.05, 3.63) is 164 Å². The van der Waals surface area contributed by atoms with E-state index in [0.29, 0.717) is 5.95 Å². The van der Waals surface area contributed by atoms with Gasteiger partial charge in [0.2, 0.25) is 5.95 Å². The number of rotatable bonds is 3. The molecule has 0 amide bonds. The summed E-state index contributed by atoms with van der Waals surface area (Å²) in [6.07, 6.45) is 0. The molecule has 49 heavy (non-hydrogen) atoms. The molecular formula is C46H27N3. The fourth-order valence-electron chi connectivity index (χ4n) is 8.18. The average Bonchev–Trinajstić information content (AvgIpc) is 3.69. The second-order valence-electron chi connectivity index (χ2n) is 12.9. The second kappa shape index (κ2) is 9.96. The largest absolute Gasteiger partial charge is 0.277 e. The van der Waals surface area contributed by atoms with Gasteiger partial charge in [-0.3, -0.25) is 4.57 Å². The average molecular weight is 622 g/mol. The summed E-state index contributed by atoms with van der Waals surface area (Å²) in [5.41, 5.74) is 12.7. The molecule has 0 radical (unpaired) electrons. The van der Waals surface area contributed by atoms with Crippen LogP contribution in [0.25, 0.3) is 105 Å². The maximum atomic E-state index is 5.47. The highest BCUT2D eigenvalue weighted by atomic mass is 15.2. The van der Waals surface area contributed by atoms with Crippen molar-refractivity contribution < 1.29 is 0 Å². The van der Waals surface area contributed by atoms with Crippen molar-refractivity contribution in [3.63, 3.8) is 0 Å². The van der Waals surface area contributed by atoms with Crippen LogP contribution in [0, 0.1) is 0 Å². The van der Waals surface area contributed by atoms with Gasteiger partial charge in [-0.2, -0.15) is 0 Å². The molecular weight excluding hydrogens is 595 g/mol. The number of hydrogen-bond acceptors (Lipinski definition) is 2. The first-order valence-electron chi connectivity index (χ1n) is 16.8. The zero-order valence-electron chi connectivity index (χ0n) is 26.4. The molecule has 226 valence electrons. The quantitative estimate of drug-likeness (QED) is 0.196. The number of benzene rings is 8. The fraction of sp³-hybridized carbons (Fsp3) is 0. The molecule has 2 aromatic heterocycles. The molecule has 0 fully saturated rings. The van der Waals surface area contributed by atoms with Gasteiger partial charge in [-0.1, -0.05) is 152 Å². The van der Waals surface area contributed by atoms with E-state index in [9.17, 15) is 0 Å². The van der Waals surface area contributed by atoms with Gasteiger partial charge in [-0.05, 0) is 61.7 Å². The highest BCUT2D eigenvalue weighted by Gasteiger charge is 2.27. The molecule has 0 unspecified atom stereocenters. The Bertz CT molecular complexity index is 2970. The molecule has 8 aromatic carbocycles. The van der Waals surface area contributed by atoms with Crippen molar-refractivity contribution in [2.75, 3.05) is 0 Å². The van der Waals surface area contributed by atoms with Gasteiger partial charge in [0.25, 0.3) is 0 Å². The van der Waals surface area contributed by atoms with Gasteiger partial charge in [0.1, 0.15) is 0 Å². The summed E-state index contributed by atoms with van der Waals surface area (Å²) < 4.78 is 2.32. The molecule has 10 aromatic rings. The van der Waals surface area contributed by atoms with Crippen molar-refractivity contribution >= 4 is 54.3 Å². The van der Waals surface area contributed by atoms with Gasteiger partial charge in [0.15, 0.2) is 0 Å². The molecule has 0 saturated carbocycles. The Kier molecular flexibility index (Phi) is 5.38. The van der Waals surface area contributed by atoms with Crippen LogP contribution < -0.4 is 0 Å². The monoisotopic (exact) mass is 621 g/mol. The zero-order valence-corrected chi connectivity index (χ0v) is 26.4. The van der Waals surface area contributed by atoms with Gasteiger partial charge < -0.3 is 0 Å². The third kappa shape index (κ3) is 3.73. The lowest BCUT2D eigenvalue weighted by atomic mass is 9.97. The van der Waals surface area contributed by atoms with Crippen molar-refractivity contribution in [3.8, 4) is 50.6 Å². The van der Waals surface area contributed by atoms with Gasteiger partial charge in [0.05, 0.1) is 22.2 Å². The third-order valence-corrected chi connectivity index (χ3v) is 10.3. The first-order chi connectivity index (χ1) is 24.3. The minimum absolute atomic E-state index is 0.672. The van der Waals surface area contributed by atoms with Crippen molar-refractivity contribution in [2.45, 2.75) is 0 Å². The summed E-state index contributed by atoms with van der Waals surface area (Å²) >= 11 is 0. The van der Waals surface area contributed by atoms with Crippen LogP contribution in [0.15, 0.2) is 164 Å². The summed E-state index contributed by atoms with van der Waals surface area (Å²) in [6, 6.07) is 58.8. The van der Waals surface area contributed by atoms with E-state index < -0.39 is 0 Å². The first kappa shape index (κ1) is 26.5. The Labute approximate surface area is 282 Å². The first-order valence-corrected chi connectivity index (χ1v) is 16.8. The Hall–Kier alpha value is -6.58. The zero-order chi connectivity index (χ0) is 32.1. The maximum Gasteiger partial charge on any atom is 0.235 e. The second-order valence-corrected chi connectivity index (χ2v) is 12.9. The van der Waals surface area contributed by atoms with E-state index in [2.05, 4.69) is 168 Å². The number of aromatic nitrogens is 3. The molecule has 3 heteroatoms. The van der Waals surface area contributed by atoms with E-state index in [4.69, 9.17) is 9.97 Å². The lowest BCUT2D eigenvalue weighted by molar-refractivity contribution is 1.02. The van der Waals surface area contributed by atoms with E-state index in [1.165, 1.54) is 65.7 Å². The van der Waals surface area contributed by atoms with Crippen LogP contribution in [0.1, 0.15) is 0 Å². The topological polar surface area (TPSA) is 30.7 Å². The minimum Gasteiger partial charge on any atom is -0.277 e. The van der Waals surface area contributed by atoms with Crippen molar-refractivity contribution in [2.24, 2.45) is 0 Å². The molecule has 11 rings (SSSR count). The van der Waals surface area contributed by atoms with Crippen LogP contribution in [0.5, 0.6) is 0 Å². The standard InChI is InChI=1S/C46H27N3/c1-2-11-28(12-3-1)29-21-23-31(24-22-29)44-36-17-8-9-20-40(36)47-46(48-44)49-41-27-39-34-16-7-6-15-33(34)35-18-10-19-37(42(35)39)43(41)38-26-25-30-13-4-5-14-32(30)45(38)49/h1-27H. The highest BCUT2D eigenvalue weighted by Crippen LogP contribution is 2.51. The van der Waals surface area contributed by atoms with Crippen LogP contribution in [0.4, 0.5) is 0 Å². The molecule has 0 atom stereocenters. The van der Waals surface area contributed by atoms with E-state index in [0.717, 1.165) is 33.2 Å². The molecule has 0 spiro atoms. The smallest absolute Gasteiger partial charge is 0.235 e. The minimum atomic E-state index is 0.672. The van der Waals surface area contributed by atoms with Crippen LogP contribution in [-0.4, -0.2) is 14.5 Å². The third-order valence-electron chi connectivity index (χ3n) is 10.3. The Morgan fingerprint density at radius 3 is 1.90 bits per heavy atom. The normalized spacial score (nSPS) is 12.1. The summed E-state index contributed by atoms with van der Waals surface area (Å²) in [5, 5.41) is 8.44. The summed E-state index contributed by atoms with van der Waals surface area (Å²) in [7, 11) is 0. The molecule has 1 aliphatic carbocycles. The molecule has 1 aliphatic rings. The van der Waals surface area contributed by atoms with Crippen LogP contribution in [0.3, 0.4) is 0 Å². The lowest BCUT2D eigenvalue weighted by Crippen LogP contribution is -2.04. The molecule has 0 N–H and O–H groups in total. The number of hydrogen-bond donors (Lipinski definition) is 0. The molecule has 3 nitrogen and oxygen atoms in total. The molecule has 2 heterocycles. The van der Waals surface area contributed by atoms with E-state index in [1.54, 1.807) is 0 Å².